The molecule has 0 atom stereocenters. The SMILES string of the molecule is CCOC(=O)c1ccc(N2CCN(CCCS(C)(=O)=O)CC2)nc1. The first kappa shape index (κ1) is 18.7. The number of sulfone groups is 1. The van der Waals surface area contributed by atoms with Gasteiger partial charge in [0.25, 0.3) is 0 Å². The third-order valence-electron chi connectivity index (χ3n) is 3.94. The zero-order chi connectivity index (χ0) is 17.6. The summed E-state index contributed by atoms with van der Waals surface area (Å²) in [6.45, 7) is 6.36. The Morgan fingerprint density at radius 1 is 1.25 bits per heavy atom. The van der Waals surface area contributed by atoms with Crippen molar-refractivity contribution < 1.29 is 17.9 Å². The summed E-state index contributed by atoms with van der Waals surface area (Å²) in [6, 6.07) is 3.57. The summed E-state index contributed by atoms with van der Waals surface area (Å²) in [5, 5.41) is 0. The van der Waals surface area contributed by atoms with Crippen molar-refractivity contribution in [3.8, 4) is 0 Å². The number of nitrogens with zero attached hydrogens (tertiary/aromatic N) is 3. The molecule has 1 saturated heterocycles. The highest BCUT2D eigenvalue weighted by atomic mass is 32.2. The van der Waals surface area contributed by atoms with Crippen molar-refractivity contribution in [2.75, 3.05) is 56.2 Å². The van der Waals surface area contributed by atoms with E-state index in [0.29, 0.717) is 18.6 Å². The number of carbonyl (C=O) groups excluding carboxylic acids is 1. The second-order valence-corrected chi connectivity index (χ2v) is 8.20. The second-order valence-electron chi connectivity index (χ2n) is 5.94. The van der Waals surface area contributed by atoms with Crippen molar-refractivity contribution in [1.82, 2.24) is 9.88 Å². The molecule has 0 saturated carbocycles. The van der Waals surface area contributed by atoms with Gasteiger partial charge in [-0.1, -0.05) is 0 Å². The van der Waals surface area contributed by atoms with Crippen molar-refractivity contribution in [3.63, 3.8) is 0 Å². The minimum atomic E-state index is -2.88. The molecular formula is C16H25N3O4S. The first-order chi connectivity index (χ1) is 11.4. The molecule has 1 aromatic heterocycles. The second kappa shape index (κ2) is 8.43. The maximum absolute atomic E-state index is 11.6. The molecule has 134 valence electrons. The highest BCUT2D eigenvalue weighted by molar-refractivity contribution is 7.90. The van der Waals surface area contributed by atoms with Crippen LogP contribution in [0.4, 0.5) is 5.82 Å². The van der Waals surface area contributed by atoms with E-state index in [1.807, 2.05) is 6.07 Å². The lowest BCUT2D eigenvalue weighted by Crippen LogP contribution is -2.47. The van der Waals surface area contributed by atoms with Crippen molar-refractivity contribution in [3.05, 3.63) is 23.9 Å². The molecule has 0 amide bonds. The molecule has 0 aromatic carbocycles. The molecule has 2 rings (SSSR count). The van der Waals surface area contributed by atoms with Crippen LogP contribution in [0.25, 0.3) is 0 Å². The van der Waals surface area contributed by atoms with E-state index < -0.39 is 9.84 Å². The van der Waals surface area contributed by atoms with Gasteiger partial charge in [-0.2, -0.15) is 0 Å². The van der Waals surface area contributed by atoms with Crippen molar-refractivity contribution in [2.24, 2.45) is 0 Å². The Balaban J connectivity index is 1.80. The number of anilines is 1. The highest BCUT2D eigenvalue weighted by Crippen LogP contribution is 2.15. The average molecular weight is 355 g/mol. The van der Waals surface area contributed by atoms with Gasteiger partial charge in [0.1, 0.15) is 15.7 Å². The monoisotopic (exact) mass is 355 g/mol. The fourth-order valence-corrected chi connectivity index (χ4v) is 3.31. The van der Waals surface area contributed by atoms with Gasteiger partial charge in [0.05, 0.1) is 17.9 Å². The molecule has 0 spiro atoms. The van der Waals surface area contributed by atoms with E-state index in [1.54, 1.807) is 19.2 Å². The van der Waals surface area contributed by atoms with Gasteiger partial charge in [-0.3, -0.25) is 4.90 Å². The molecule has 1 aliphatic heterocycles. The lowest BCUT2D eigenvalue weighted by atomic mass is 10.2. The van der Waals surface area contributed by atoms with Gasteiger partial charge in [0.15, 0.2) is 0 Å². The van der Waals surface area contributed by atoms with Gasteiger partial charge in [-0.05, 0) is 32.0 Å². The maximum atomic E-state index is 11.6. The molecule has 0 radical (unpaired) electrons. The number of rotatable bonds is 7. The Morgan fingerprint density at radius 3 is 2.50 bits per heavy atom. The first-order valence-corrected chi connectivity index (χ1v) is 10.2. The summed E-state index contributed by atoms with van der Waals surface area (Å²) in [5.74, 6) is 0.732. The van der Waals surface area contributed by atoms with E-state index >= 15 is 0 Å². The minimum absolute atomic E-state index is 0.240. The predicted molar refractivity (Wildman–Crippen MR) is 93.2 cm³/mol. The fourth-order valence-electron chi connectivity index (χ4n) is 2.66. The number of piperazine rings is 1. The van der Waals surface area contributed by atoms with Gasteiger partial charge in [-0.15, -0.1) is 0 Å². The molecule has 1 aliphatic rings. The fraction of sp³-hybridized carbons (Fsp3) is 0.625. The third-order valence-corrected chi connectivity index (χ3v) is 4.98. The van der Waals surface area contributed by atoms with Gasteiger partial charge in [0, 0.05) is 38.6 Å². The Hall–Kier alpha value is -1.67. The van der Waals surface area contributed by atoms with Crippen LogP contribution < -0.4 is 4.90 Å². The molecular weight excluding hydrogens is 330 g/mol. The molecule has 2 heterocycles. The van der Waals surface area contributed by atoms with Crippen LogP contribution in [0.15, 0.2) is 18.3 Å². The number of esters is 1. The third kappa shape index (κ3) is 5.76. The van der Waals surface area contributed by atoms with E-state index in [2.05, 4.69) is 14.8 Å². The van der Waals surface area contributed by atoms with E-state index in [1.165, 1.54) is 6.26 Å². The minimum Gasteiger partial charge on any atom is -0.462 e. The zero-order valence-electron chi connectivity index (χ0n) is 14.3. The standard InChI is InChI=1S/C16H25N3O4S/c1-3-23-16(20)14-5-6-15(17-13-14)19-10-8-18(9-11-19)7-4-12-24(2,21)22/h5-6,13H,3-4,7-12H2,1-2H3. The summed E-state index contributed by atoms with van der Waals surface area (Å²) >= 11 is 0. The number of hydrogen-bond donors (Lipinski definition) is 0. The van der Waals surface area contributed by atoms with Gasteiger partial charge >= 0.3 is 5.97 Å². The van der Waals surface area contributed by atoms with Crippen LogP contribution in [-0.2, 0) is 14.6 Å². The number of hydrogen-bond acceptors (Lipinski definition) is 7. The number of ether oxygens (including phenoxy) is 1. The maximum Gasteiger partial charge on any atom is 0.339 e. The quantitative estimate of drug-likeness (QED) is 0.670. The van der Waals surface area contributed by atoms with E-state index in [9.17, 15) is 13.2 Å². The Morgan fingerprint density at radius 2 is 1.96 bits per heavy atom. The molecule has 0 unspecified atom stereocenters. The van der Waals surface area contributed by atoms with Crippen LogP contribution in [-0.4, -0.2) is 75.6 Å². The average Bonchev–Trinajstić information content (AvgIpc) is 2.55. The van der Waals surface area contributed by atoms with E-state index in [-0.39, 0.29) is 11.7 Å². The zero-order valence-corrected chi connectivity index (χ0v) is 15.1. The lowest BCUT2D eigenvalue weighted by molar-refractivity contribution is 0.0526. The van der Waals surface area contributed by atoms with Gasteiger partial charge in [0.2, 0.25) is 0 Å². The first-order valence-electron chi connectivity index (χ1n) is 8.17. The van der Waals surface area contributed by atoms with E-state index in [4.69, 9.17) is 4.74 Å². The highest BCUT2D eigenvalue weighted by Gasteiger charge is 2.18. The van der Waals surface area contributed by atoms with Gasteiger partial charge in [-0.25, -0.2) is 18.2 Å². The van der Waals surface area contributed by atoms with Crippen LogP contribution in [0, 0.1) is 0 Å². The summed E-state index contributed by atoms with van der Waals surface area (Å²) in [7, 11) is -2.88. The van der Waals surface area contributed by atoms with Crippen LogP contribution in [0.3, 0.4) is 0 Å². The molecule has 7 nitrogen and oxygen atoms in total. The van der Waals surface area contributed by atoms with Crippen LogP contribution >= 0.6 is 0 Å². The topological polar surface area (TPSA) is 79.8 Å². The van der Waals surface area contributed by atoms with Crippen LogP contribution in [0.1, 0.15) is 23.7 Å². The summed E-state index contributed by atoms with van der Waals surface area (Å²) < 4.78 is 27.3. The Bertz CT molecular complexity index is 638. The molecule has 0 N–H and O–H groups in total. The van der Waals surface area contributed by atoms with Crippen LogP contribution in [0.2, 0.25) is 0 Å². The lowest BCUT2D eigenvalue weighted by Gasteiger charge is -2.35. The molecule has 0 bridgehead atoms. The van der Waals surface area contributed by atoms with Crippen molar-refractivity contribution in [1.29, 1.82) is 0 Å². The molecule has 1 fully saturated rings. The number of aromatic nitrogens is 1. The Kier molecular flexibility index (Phi) is 6.56. The summed E-state index contributed by atoms with van der Waals surface area (Å²) in [4.78, 5) is 20.4. The van der Waals surface area contributed by atoms with E-state index in [0.717, 1.165) is 38.5 Å². The summed E-state index contributed by atoms with van der Waals surface area (Å²) in [6.07, 6.45) is 3.49. The van der Waals surface area contributed by atoms with Crippen molar-refractivity contribution >= 4 is 21.6 Å². The molecule has 8 heteroatoms. The molecule has 1 aromatic rings. The van der Waals surface area contributed by atoms with Crippen LogP contribution in [0.5, 0.6) is 0 Å². The largest absolute Gasteiger partial charge is 0.462 e. The smallest absolute Gasteiger partial charge is 0.339 e. The number of pyridine rings is 1. The Labute approximate surface area is 143 Å². The molecule has 24 heavy (non-hydrogen) atoms. The van der Waals surface area contributed by atoms with Crippen molar-refractivity contribution in [2.45, 2.75) is 13.3 Å². The van der Waals surface area contributed by atoms with Gasteiger partial charge < -0.3 is 9.64 Å². The normalized spacial score (nSPS) is 16.2. The molecule has 0 aliphatic carbocycles. The number of carbonyl (C=O) groups is 1. The summed E-state index contributed by atoms with van der Waals surface area (Å²) in [5.41, 5.74) is 0.458. The predicted octanol–water partition coefficient (Wildman–Crippen LogP) is 0.815.